The van der Waals surface area contributed by atoms with Crippen molar-refractivity contribution >= 4 is 17.9 Å². The summed E-state index contributed by atoms with van der Waals surface area (Å²) in [5, 5.41) is 29.5. The van der Waals surface area contributed by atoms with Gasteiger partial charge in [0.05, 0.1) is 16.8 Å². The van der Waals surface area contributed by atoms with Crippen molar-refractivity contribution in [1.82, 2.24) is 4.90 Å². The van der Waals surface area contributed by atoms with Crippen LogP contribution in [-0.4, -0.2) is 30.4 Å². The van der Waals surface area contributed by atoms with Crippen LogP contribution in [0.25, 0.3) is 6.08 Å². The number of nitrogens with zero attached hydrogens (tertiary/aromatic N) is 5. The van der Waals surface area contributed by atoms with Crippen LogP contribution in [0.15, 0.2) is 32.9 Å². The molecule has 0 aliphatic carbocycles. The first-order valence-electron chi connectivity index (χ1n) is 17.6. The van der Waals surface area contributed by atoms with Crippen LogP contribution in [0.2, 0.25) is 0 Å². The van der Waals surface area contributed by atoms with Gasteiger partial charge < -0.3 is 14.2 Å². The van der Waals surface area contributed by atoms with Gasteiger partial charge >= 0.3 is 0 Å². The molecule has 1 aliphatic rings. The average Bonchev–Trinajstić information content (AvgIpc) is 3.53. The van der Waals surface area contributed by atoms with Crippen molar-refractivity contribution < 1.29 is 9.21 Å². The Bertz CT molecular complexity index is 1290. The second-order valence-corrected chi connectivity index (χ2v) is 12.0. The molecule has 0 saturated carbocycles. The van der Waals surface area contributed by atoms with Crippen molar-refractivity contribution in [3.63, 3.8) is 0 Å². The number of nitriles is 3. The highest BCUT2D eigenvalue weighted by molar-refractivity contribution is 6.05. The monoisotopic (exact) mass is 613 g/mol. The molecule has 244 valence electrons. The van der Waals surface area contributed by atoms with E-state index in [0.29, 0.717) is 13.0 Å². The Labute approximate surface area is 272 Å². The molecule has 7 nitrogen and oxygen atoms in total. The third-order valence-corrected chi connectivity index (χ3v) is 8.50. The molecular weight excluding hydrogens is 558 g/mol. The molecule has 2 heterocycles. The zero-order valence-electron chi connectivity index (χ0n) is 28.6. The SMILES string of the molecule is CCCCCCc1c(/C=C/C2=C(C#N)C(=C(C#N)C#N)N(CCCC)C2=O)oc(N(CCCC)CCCC)c1CCCCCC. The van der Waals surface area contributed by atoms with Gasteiger partial charge in [-0.25, -0.2) is 0 Å². The fourth-order valence-corrected chi connectivity index (χ4v) is 5.86. The van der Waals surface area contributed by atoms with Crippen LogP contribution in [0.3, 0.4) is 0 Å². The fraction of sp³-hybridized carbons (Fsp3) is 0.632. The largest absolute Gasteiger partial charge is 0.441 e. The molecule has 0 radical (unpaired) electrons. The number of unbranched alkanes of at least 4 members (excludes halogenated alkanes) is 9. The molecule has 0 saturated heterocycles. The maximum absolute atomic E-state index is 13.7. The number of anilines is 1. The van der Waals surface area contributed by atoms with E-state index in [1.165, 1.54) is 48.1 Å². The highest BCUT2D eigenvalue weighted by atomic mass is 16.4. The summed E-state index contributed by atoms with van der Waals surface area (Å²) in [4.78, 5) is 17.5. The molecule has 0 fully saturated rings. The van der Waals surface area contributed by atoms with Crippen LogP contribution in [0.5, 0.6) is 0 Å². The standard InChI is InChI=1S/C38H55N5O2/c1-6-11-16-18-20-31-33(21-19-17-12-7-2)38(42(24-13-8-3)25-14-9-4)45-35(31)23-22-32-34(29-41)36(30(27-39)28-40)43(37(32)44)26-15-10-5/h22-23H,6-21,24-26H2,1-5H3/b23-22+. The lowest BCUT2D eigenvalue weighted by Gasteiger charge is -2.23. The summed E-state index contributed by atoms with van der Waals surface area (Å²) in [5.74, 6) is 1.37. The second-order valence-electron chi connectivity index (χ2n) is 12.0. The van der Waals surface area contributed by atoms with E-state index in [1.807, 2.05) is 25.1 Å². The first kappa shape index (κ1) is 37.4. The smallest absolute Gasteiger partial charge is 0.259 e. The maximum Gasteiger partial charge on any atom is 0.259 e. The quantitative estimate of drug-likeness (QED) is 0.0951. The summed E-state index contributed by atoms with van der Waals surface area (Å²) in [6.45, 7) is 13.1. The molecule has 0 N–H and O–H groups in total. The van der Waals surface area contributed by atoms with E-state index in [0.717, 1.165) is 88.9 Å². The van der Waals surface area contributed by atoms with Gasteiger partial charge in [-0.2, -0.15) is 15.8 Å². The summed E-state index contributed by atoms with van der Waals surface area (Å²) in [6, 6.07) is 5.93. The molecule has 1 aliphatic heterocycles. The van der Waals surface area contributed by atoms with Crippen molar-refractivity contribution in [3.05, 3.63) is 45.4 Å². The van der Waals surface area contributed by atoms with Gasteiger partial charge in [0.1, 0.15) is 24.0 Å². The Morgan fingerprint density at radius 1 is 0.733 bits per heavy atom. The van der Waals surface area contributed by atoms with E-state index in [9.17, 15) is 20.6 Å². The number of carbonyl (C=O) groups excluding carboxylic acids is 1. The van der Waals surface area contributed by atoms with E-state index < -0.39 is 0 Å². The molecule has 0 unspecified atom stereocenters. The minimum absolute atomic E-state index is 0.0778. The van der Waals surface area contributed by atoms with E-state index in [-0.39, 0.29) is 28.3 Å². The molecule has 7 heteroatoms. The second kappa shape index (κ2) is 21.1. The number of amides is 1. The number of allylic oxidation sites excluding steroid dienone is 2. The average molecular weight is 614 g/mol. The fourth-order valence-electron chi connectivity index (χ4n) is 5.86. The van der Waals surface area contributed by atoms with E-state index in [4.69, 9.17) is 4.42 Å². The van der Waals surface area contributed by atoms with Crippen molar-refractivity contribution in [2.24, 2.45) is 0 Å². The van der Waals surface area contributed by atoms with Crippen LogP contribution >= 0.6 is 0 Å². The number of hydrogen-bond donors (Lipinski definition) is 0. The van der Waals surface area contributed by atoms with Gasteiger partial charge in [0.25, 0.3) is 5.91 Å². The van der Waals surface area contributed by atoms with Crippen LogP contribution < -0.4 is 4.90 Å². The Kier molecular flexibility index (Phi) is 17.5. The number of hydrogen-bond acceptors (Lipinski definition) is 6. The Morgan fingerprint density at radius 3 is 1.80 bits per heavy atom. The Balaban J connectivity index is 2.72. The van der Waals surface area contributed by atoms with Gasteiger partial charge in [0.15, 0.2) is 11.5 Å². The topological polar surface area (TPSA) is 108 Å². The van der Waals surface area contributed by atoms with Crippen molar-refractivity contribution in [1.29, 1.82) is 15.8 Å². The summed E-state index contributed by atoms with van der Waals surface area (Å²) in [5.41, 5.74) is 2.71. The van der Waals surface area contributed by atoms with Crippen LogP contribution in [0, 0.1) is 34.0 Å². The molecule has 0 spiro atoms. The molecular formula is C38H55N5O2. The predicted molar refractivity (Wildman–Crippen MR) is 183 cm³/mol. The summed E-state index contributed by atoms with van der Waals surface area (Å²) < 4.78 is 6.78. The molecule has 45 heavy (non-hydrogen) atoms. The highest BCUT2D eigenvalue weighted by Crippen LogP contribution is 2.37. The van der Waals surface area contributed by atoms with Gasteiger partial charge in [-0.05, 0) is 57.1 Å². The Morgan fingerprint density at radius 2 is 1.29 bits per heavy atom. The van der Waals surface area contributed by atoms with Crippen LogP contribution in [0.4, 0.5) is 5.88 Å². The molecule has 1 aromatic rings. The minimum Gasteiger partial charge on any atom is -0.441 e. The van der Waals surface area contributed by atoms with E-state index >= 15 is 0 Å². The maximum atomic E-state index is 13.7. The van der Waals surface area contributed by atoms with Gasteiger partial charge in [0.2, 0.25) is 0 Å². The van der Waals surface area contributed by atoms with Gasteiger partial charge in [-0.1, -0.05) is 92.4 Å². The third kappa shape index (κ3) is 10.4. The normalized spacial score (nSPS) is 13.1. The van der Waals surface area contributed by atoms with Crippen molar-refractivity contribution in [3.8, 4) is 18.2 Å². The molecule has 0 aromatic carbocycles. The lowest BCUT2D eigenvalue weighted by Crippen LogP contribution is -2.27. The number of carbonyl (C=O) groups is 1. The zero-order valence-corrected chi connectivity index (χ0v) is 28.6. The molecule has 0 bridgehead atoms. The van der Waals surface area contributed by atoms with Gasteiger partial charge in [-0.3, -0.25) is 4.79 Å². The van der Waals surface area contributed by atoms with Crippen molar-refractivity contribution in [2.75, 3.05) is 24.5 Å². The molecule has 2 rings (SSSR count). The predicted octanol–water partition coefficient (Wildman–Crippen LogP) is 9.71. The van der Waals surface area contributed by atoms with Gasteiger partial charge in [-0.15, -0.1) is 0 Å². The first-order chi connectivity index (χ1) is 22.0. The lowest BCUT2D eigenvalue weighted by molar-refractivity contribution is -0.124. The first-order valence-corrected chi connectivity index (χ1v) is 17.6. The number of furan rings is 1. The minimum atomic E-state index is -0.349. The van der Waals surface area contributed by atoms with Crippen molar-refractivity contribution in [2.45, 2.75) is 137 Å². The molecule has 1 aromatic heterocycles. The van der Waals surface area contributed by atoms with E-state index in [1.54, 1.807) is 6.08 Å². The third-order valence-electron chi connectivity index (χ3n) is 8.50. The van der Waals surface area contributed by atoms with Crippen LogP contribution in [-0.2, 0) is 17.6 Å². The van der Waals surface area contributed by atoms with E-state index in [2.05, 4.69) is 38.7 Å². The summed E-state index contributed by atoms with van der Waals surface area (Å²) in [7, 11) is 0. The Hall–Kier alpha value is -3.76. The number of rotatable bonds is 22. The lowest BCUT2D eigenvalue weighted by atomic mass is 9.97. The molecule has 0 atom stereocenters. The highest BCUT2D eigenvalue weighted by Gasteiger charge is 2.36. The summed E-state index contributed by atoms with van der Waals surface area (Å²) >= 11 is 0. The molecule has 1 amide bonds. The zero-order chi connectivity index (χ0) is 33.0. The van der Waals surface area contributed by atoms with Crippen LogP contribution in [0.1, 0.15) is 141 Å². The van der Waals surface area contributed by atoms with Gasteiger partial charge in [0, 0.05) is 30.8 Å². The summed E-state index contributed by atoms with van der Waals surface area (Å²) in [6.07, 6.45) is 20.6.